The molecule has 0 aliphatic carbocycles. The number of carbonyl (C=O) groups excluding carboxylic acids is 1. The van der Waals surface area contributed by atoms with Crippen LogP contribution in [0, 0.1) is 0 Å². The fourth-order valence-corrected chi connectivity index (χ4v) is 2.53. The number of hydrogen-bond donors (Lipinski definition) is 0. The van der Waals surface area contributed by atoms with Crippen LogP contribution in [0.15, 0.2) is 36.4 Å². The fraction of sp³-hybridized carbons (Fsp3) is 0.500. The molecule has 1 heterocycles. The monoisotopic (exact) mass is 304 g/mol. The fourth-order valence-electron chi connectivity index (χ4n) is 2.53. The molecule has 0 aromatic heterocycles. The van der Waals surface area contributed by atoms with E-state index in [0.29, 0.717) is 13.0 Å². The summed E-state index contributed by atoms with van der Waals surface area (Å²) in [6.45, 7) is 2.58. The van der Waals surface area contributed by atoms with Gasteiger partial charge in [-0.15, -0.1) is 0 Å². The molecule has 1 aromatic carbocycles. The molecule has 1 aromatic rings. The van der Waals surface area contributed by atoms with Crippen LogP contribution < -0.4 is 4.74 Å². The molecule has 0 radical (unpaired) electrons. The molecule has 22 heavy (non-hydrogen) atoms. The lowest BCUT2D eigenvalue weighted by atomic mass is 10.0. The van der Waals surface area contributed by atoms with Gasteiger partial charge in [0.15, 0.2) is 0 Å². The summed E-state index contributed by atoms with van der Waals surface area (Å²) in [6.07, 6.45) is 6.77. The lowest BCUT2D eigenvalue weighted by Crippen LogP contribution is -2.35. The van der Waals surface area contributed by atoms with Gasteiger partial charge < -0.3 is 19.0 Å². The highest BCUT2D eigenvalue weighted by Gasteiger charge is 2.25. The summed E-state index contributed by atoms with van der Waals surface area (Å²) in [6, 6.07) is 7.83. The van der Waals surface area contributed by atoms with E-state index < -0.39 is 0 Å². The van der Waals surface area contributed by atoms with Gasteiger partial charge in [-0.2, -0.15) is 0 Å². The standard InChI is InChI=1S/C18H24O4/c1-3-17-18(7-5-4-6-16(12-19)22-17)21-13-14-8-10-15(20-2)11-9-14/h4-5,8-12,16-18H,3,6-7,13H2,1-2H3/b5-4-/t16-,17-,18-/m1/s1. The van der Waals surface area contributed by atoms with Crippen molar-refractivity contribution in [2.75, 3.05) is 7.11 Å². The maximum absolute atomic E-state index is 11.0. The Balaban J connectivity index is 1.97. The molecular weight excluding hydrogens is 280 g/mol. The number of aldehydes is 1. The van der Waals surface area contributed by atoms with E-state index in [1.165, 1.54) is 0 Å². The molecule has 120 valence electrons. The van der Waals surface area contributed by atoms with E-state index in [0.717, 1.165) is 30.4 Å². The Morgan fingerprint density at radius 1 is 1.23 bits per heavy atom. The Kier molecular flexibility index (Phi) is 6.62. The molecule has 0 saturated heterocycles. The van der Waals surface area contributed by atoms with Gasteiger partial charge in [0, 0.05) is 0 Å². The van der Waals surface area contributed by atoms with Gasteiger partial charge in [-0.05, 0) is 37.0 Å². The van der Waals surface area contributed by atoms with Crippen LogP contribution in [-0.4, -0.2) is 31.7 Å². The van der Waals surface area contributed by atoms with Crippen LogP contribution in [0.1, 0.15) is 31.7 Å². The molecule has 3 atom stereocenters. The Labute approximate surface area is 132 Å². The minimum absolute atomic E-state index is 0.0360. The first-order chi connectivity index (χ1) is 10.8. The van der Waals surface area contributed by atoms with Crippen molar-refractivity contribution in [1.82, 2.24) is 0 Å². The quantitative estimate of drug-likeness (QED) is 0.597. The zero-order valence-corrected chi connectivity index (χ0v) is 13.2. The first-order valence-corrected chi connectivity index (χ1v) is 7.77. The van der Waals surface area contributed by atoms with E-state index in [2.05, 4.69) is 13.0 Å². The van der Waals surface area contributed by atoms with Gasteiger partial charge in [-0.1, -0.05) is 31.2 Å². The second-order valence-corrected chi connectivity index (χ2v) is 5.40. The average Bonchev–Trinajstić information content (AvgIpc) is 2.55. The summed E-state index contributed by atoms with van der Waals surface area (Å²) < 4.78 is 17.1. The maximum Gasteiger partial charge on any atom is 0.149 e. The van der Waals surface area contributed by atoms with Gasteiger partial charge in [0.25, 0.3) is 0 Å². The zero-order valence-electron chi connectivity index (χ0n) is 13.2. The van der Waals surface area contributed by atoms with Crippen molar-refractivity contribution < 1.29 is 19.0 Å². The molecule has 0 spiro atoms. The van der Waals surface area contributed by atoms with E-state index in [9.17, 15) is 4.79 Å². The van der Waals surface area contributed by atoms with Crippen molar-refractivity contribution in [3.8, 4) is 5.75 Å². The molecule has 1 aliphatic heterocycles. The maximum atomic E-state index is 11.0. The van der Waals surface area contributed by atoms with E-state index in [1.54, 1.807) is 7.11 Å². The SMILES string of the molecule is CC[C@H]1O[C@@H](C=O)C/C=C\C[C@H]1OCc1ccc(OC)cc1. The Morgan fingerprint density at radius 2 is 1.95 bits per heavy atom. The molecule has 0 amide bonds. The Bertz CT molecular complexity index is 480. The number of carbonyl (C=O) groups is 1. The normalized spacial score (nSPS) is 26.7. The third kappa shape index (κ3) is 4.68. The number of hydrogen-bond acceptors (Lipinski definition) is 4. The van der Waals surface area contributed by atoms with Gasteiger partial charge in [0.2, 0.25) is 0 Å². The largest absolute Gasteiger partial charge is 0.497 e. The van der Waals surface area contributed by atoms with Gasteiger partial charge >= 0.3 is 0 Å². The number of methoxy groups -OCH3 is 1. The molecular formula is C18H24O4. The average molecular weight is 304 g/mol. The third-order valence-electron chi connectivity index (χ3n) is 3.84. The van der Waals surface area contributed by atoms with Crippen LogP contribution in [0.2, 0.25) is 0 Å². The summed E-state index contributed by atoms with van der Waals surface area (Å²) in [7, 11) is 1.65. The van der Waals surface area contributed by atoms with Crippen LogP contribution in [0.25, 0.3) is 0 Å². The number of rotatable bonds is 6. The van der Waals surface area contributed by atoms with Gasteiger partial charge in [-0.25, -0.2) is 0 Å². The highest BCUT2D eigenvalue weighted by molar-refractivity contribution is 5.56. The molecule has 0 unspecified atom stereocenters. The second-order valence-electron chi connectivity index (χ2n) is 5.40. The van der Waals surface area contributed by atoms with Crippen molar-refractivity contribution in [3.63, 3.8) is 0 Å². The van der Waals surface area contributed by atoms with Gasteiger partial charge in [0.1, 0.15) is 18.1 Å². The van der Waals surface area contributed by atoms with Crippen LogP contribution >= 0.6 is 0 Å². The highest BCUT2D eigenvalue weighted by Crippen LogP contribution is 2.20. The lowest BCUT2D eigenvalue weighted by Gasteiger charge is -2.29. The van der Waals surface area contributed by atoms with Crippen LogP contribution in [0.3, 0.4) is 0 Å². The van der Waals surface area contributed by atoms with Gasteiger partial charge in [0.05, 0.1) is 25.9 Å². The van der Waals surface area contributed by atoms with Crippen LogP contribution in [0.4, 0.5) is 0 Å². The van der Waals surface area contributed by atoms with Crippen LogP contribution in [-0.2, 0) is 20.9 Å². The minimum atomic E-state index is -0.367. The van der Waals surface area contributed by atoms with Crippen molar-refractivity contribution in [1.29, 1.82) is 0 Å². The Hall–Kier alpha value is -1.65. The summed E-state index contributed by atoms with van der Waals surface area (Å²) >= 11 is 0. The van der Waals surface area contributed by atoms with Crippen molar-refractivity contribution >= 4 is 6.29 Å². The minimum Gasteiger partial charge on any atom is -0.497 e. The first kappa shape index (κ1) is 16.7. The molecule has 2 rings (SSSR count). The summed E-state index contributed by atoms with van der Waals surface area (Å²) in [5.41, 5.74) is 1.09. The lowest BCUT2D eigenvalue weighted by molar-refractivity contribution is -0.134. The summed E-state index contributed by atoms with van der Waals surface area (Å²) in [5.74, 6) is 0.834. The summed E-state index contributed by atoms with van der Waals surface area (Å²) in [5, 5.41) is 0. The van der Waals surface area contributed by atoms with E-state index in [1.807, 2.05) is 30.3 Å². The smallest absolute Gasteiger partial charge is 0.149 e. The zero-order chi connectivity index (χ0) is 15.8. The number of ether oxygens (including phenoxy) is 3. The van der Waals surface area contributed by atoms with Crippen molar-refractivity contribution in [2.24, 2.45) is 0 Å². The predicted molar refractivity (Wildman–Crippen MR) is 85.0 cm³/mol. The Morgan fingerprint density at radius 3 is 2.59 bits per heavy atom. The van der Waals surface area contributed by atoms with E-state index >= 15 is 0 Å². The van der Waals surface area contributed by atoms with E-state index in [4.69, 9.17) is 14.2 Å². The third-order valence-corrected chi connectivity index (χ3v) is 3.84. The molecule has 0 bridgehead atoms. The summed E-state index contributed by atoms with van der Waals surface area (Å²) in [4.78, 5) is 11.0. The van der Waals surface area contributed by atoms with E-state index in [-0.39, 0.29) is 18.3 Å². The van der Waals surface area contributed by atoms with Crippen molar-refractivity contribution in [2.45, 2.75) is 51.1 Å². The molecule has 0 N–H and O–H groups in total. The van der Waals surface area contributed by atoms with Gasteiger partial charge in [-0.3, -0.25) is 0 Å². The molecule has 4 nitrogen and oxygen atoms in total. The molecule has 4 heteroatoms. The first-order valence-electron chi connectivity index (χ1n) is 7.77. The van der Waals surface area contributed by atoms with Crippen LogP contribution in [0.5, 0.6) is 5.75 Å². The number of benzene rings is 1. The molecule has 0 saturated carbocycles. The molecule has 0 fully saturated rings. The highest BCUT2D eigenvalue weighted by atomic mass is 16.5. The topological polar surface area (TPSA) is 44.8 Å². The van der Waals surface area contributed by atoms with Crippen molar-refractivity contribution in [3.05, 3.63) is 42.0 Å². The predicted octanol–water partition coefficient (Wildman–Crippen LogP) is 3.29. The second kappa shape index (κ2) is 8.71. The molecule has 1 aliphatic rings.